The maximum absolute atomic E-state index is 3.71. The minimum Gasteiger partial charge on any atom is -0.377 e. The van der Waals surface area contributed by atoms with Crippen LogP contribution in [0.4, 0.5) is 5.69 Å². The lowest BCUT2D eigenvalue weighted by Gasteiger charge is -2.28. The van der Waals surface area contributed by atoms with Crippen LogP contribution in [-0.4, -0.2) is 0 Å². The van der Waals surface area contributed by atoms with E-state index in [2.05, 4.69) is 85.9 Å². The average Bonchev–Trinajstić information content (AvgIpc) is 2.79. The summed E-state index contributed by atoms with van der Waals surface area (Å²) in [6.07, 6.45) is 0. The largest absolute Gasteiger partial charge is 0.377 e. The van der Waals surface area contributed by atoms with Gasteiger partial charge in [0.2, 0.25) is 0 Å². The van der Waals surface area contributed by atoms with Crippen LogP contribution in [0.25, 0.3) is 10.8 Å². The Morgan fingerprint density at radius 2 is 1.52 bits per heavy atom. The Morgan fingerprint density at radius 1 is 0.810 bits per heavy atom. The molecule has 1 aliphatic heterocycles. The summed E-state index contributed by atoms with van der Waals surface area (Å²) in [6, 6.07) is 24.3. The number of para-hydroxylation sites is 1. The number of anilines is 1. The van der Waals surface area contributed by atoms with Gasteiger partial charge in [-0.15, -0.1) is 0 Å². The Kier molecular flexibility index (Phi) is 2.58. The number of hydrogen-bond donors (Lipinski definition) is 1. The number of rotatable bonds is 1. The fourth-order valence-electron chi connectivity index (χ4n) is 3.55. The first-order valence-corrected chi connectivity index (χ1v) is 7.51. The fraction of sp³-hybridized carbons (Fsp3) is 0.200. The molecule has 3 aromatic carbocycles. The first kappa shape index (κ1) is 12.5. The highest BCUT2D eigenvalue weighted by Gasteiger charge is 2.39. The van der Waals surface area contributed by atoms with Crippen LogP contribution in [0, 0.1) is 0 Å². The summed E-state index contributed by atoms with van der Waals surface area (Å²) >= 11 is 0. The normalized spacial score (nSPS) is 19.2. The molecule has 3 aromatic rings. The number of fused-ring (bicyclic) bond motifs is 2. The van der Waals surface area contributed by atoms with E-state index in [1.54, 1.807) is 0 Å². The molecule has 0 aromatic heterocycles. The Morgan fingerprint density at radius 3 is 2.33 bits per heavy atom. The third-order valence-corrected chi connectivity index (χ3v) is 4.75. The van der Waals surface area contributed by atoms with E-state index < -0.39 is 0 Å². The molecule has 0 bridgehead atoms. The van der Waals surface area contributed by atoms with Gasteiger partial charge in [-0.25, -0.2) is 0 Å². The Balaban J connectivity index is 1.83. The molecule has 0 fully saturated rings. The molecule has 104 valence electrons. The number of benzene rings is 3. The third kappa shape index (κ3) is 1.84. The standard InChI is InChI=1S/C20H19N/c1-20(2)17-9-5-6-10-18(17)21-19(20)16-12-11-14-7-3-4-8-15(14)13-16/h3-13,19,21H,1-2H3/t19-/m1/s1. The zero-order chi connectivity index (χ0) is 14.4. The van der Waals surface area contributed by atoms with Crippen LogP contribution in [0.3, 0.4) is 0 Å². The van der Waals surface area contributed by atoms with E-state index in [-0.39, 0.29) is 5.41 Å². The summed E-state index contributed by atoms with van der Waals surface area (Å²) in [7, 11) is 0. The second-order valence-corrected chi connectivity index (χ2v) is 6.45. The monoisotopic (exact) mass is 273 g/mol. The van der Waals surface area contributed by atoms with Gasteiger partial charge < -0.3 is 5.32 Å². The van der Waals surface area contributed by atoms with Crippen LogP contribution in [0.5, 0.6) is 0 Å². The van der Waals surface area contributed by atoms with Gasteiger partial charge >= 0.3 is 0 Å². The topological polar surface area (TPSA) is 12.0 Å². The summed E-state index contributed by atoms with van der Waals surface area (Å²) < 4.78 is 0. The maximum atomic E-state index is 3.71. The maximum Gasteiger partial charge on any atom is 0.0606 e. The van der Waals surface area contributed by atoms with Gasteiger partial charge in [0.05, 0.1) is 6.04 Å². The van der Waals surface area contributed by atoms with E-state index in [9.17, 15) is 0 Å². The Bertz CT molecular complexity index is 817. The molecule has 1 N–H and O–H groups in total. The van der Waals surface area contributed by atoms with Gasteiger partial charge in [-0.1, -0.05) is 68.4 Å². The van der Waals surface area contributed by atoms with Crippen LogP contribution in [0.2, 0.25) is 0 Å². The molecule has 0 amide bonds. The lowest BCUT2D eigenvalue weighted by atomic mass is 9.77. The molecule has 0 unspecified atom stereocenters. The molecular formula is C20H19N. The first-order valence-electron chi connectivity index (χ1n) is 7.51. The van der Waals surface area contributed by atoms with Gasteiger partial charge in [0, 0.05) is 11.1 Å². The highest BCUT2D eigenvalue weighted by molar-refractivity contribution is 5.83. The molecule has 1 heteroatoms. The van der Waals surface area contributed by atoms with Gasteiger partial charge in [-0.3, -0.25) is 0 Å². The minimum absolute atomic E-state index is 0.0963. The van der Waals surface area contributed by atoms with Crippen LogP contribution < -0.4 is 5.32 Å². The van der Waals surface area contributed by atoms with Crippen LogP contribution in [0.1, 0.15) is 31.0 Å². The van der Waals surface area contributed by atoms with Crippen molar-refractivity contribution in [3.05, 3.63) is 77.9 Å². The highest BCUT2D eigenvalue weighted by atomic mass is 15.0. The van der Waals surface area contributed by atoms with Gasteiger partial charge in [0.1, 0.15) is 0 Å². The van der Waals surface area contributed by atoms with Gasteiger partial charge in [-0.05, 0) is 34.0 Å². The second-order valence-electron chi connectivity index (χ2n) is 6.45. The zero-order valence-corrected chi connectivity index (χ0v) is 12.4. The van der Waals surface area contributed by atoms with Crippen molar-refractivity contribution in [3.8, 4) is 0 Å². The molecule has 0 radical (unpaired) electrons. The van der Waals surface area contributed by atoms with E-state index in [1.165, 1.54) is 27.6 Å². The summed E-state index contributed by atoms with van der Waals surface area (Å²) in [6.45, 7) is 4.65. The smallest absolute Gasteiger partial charge is 0.0606 e. The second kappa shape index (κ2) is 4.36. The third-order valence-electron chi connectivity index (χ3n) is 4.75. The zero-order valence-electron chi connectivity index (χ0n) is 12.4. The number of hydrogen-bond acceptors (Lipinski definition) is 1. The van der Waals surface area contributed by atoms with E-state index >= 15 is 0 Å². The predicted octanol–water partition coefficient (Wildman–Crippen LogP) is 5.28. The Hall–Kier alpha value is -2.28. The van der Waals surface area contributed by atoms with E-state index in [4.69, 9.17) is 0 Å². The van der Waals surface area contributed by atoms with Gasteiger partial charge in [-0.2, -0.15) is 0 Å². The van der Waals surface area contributed by atoms with Gasteiger partial charge in [0.25, 0.3) is 0 Å². The summed E-state index contributed by atoms with van der Waals surface area (Å²) in [5.74, 6) is 0. The van der Waals surface area contributed by atoms with Crippen molar-refractivity contribution in [2.75, 3.05) is 5.32 Å². The van der Waals surface area contributed by atoms with Crippen molar-refractivity contribution in [2.45, 2.75) is 25.3 Å². The van der Waals surface area contributed by atoms with E-state index in [1.807, 2.05) is 0 Å². The van der Waals surface area contributed by atoms with Crippen molar-refractivity contribution in [3.63, 3.8) is 0 Å². The van der Waals surface area contributed by atoms with Crippen LogP contribution >= 0.6 is 0 Å². The molecular weight excluding hydrogens is 254 g/mol. The van der Waals surface area contributed by atoms with Crippen molar-refractivity contribution in [1.29, 1.82) is 0 Å². The molecule has 0 aliphatic carbocycles. The summed E-state index contributed by atoms with van der Waals surface area (Å²) in [5.41, 5.74) is 4.12. The summed E-state index contributed by atoms with van der Waals surface area (Å²) in [5, 5.41) is 6.32. The SMILES string of the molecule is CC1(C)c2ccccc2N[C@@H]1c1ccc2ccccc2c1. The average molecular weight is 273 g/mol. The number of nitrogens with one attached hydrogen (secondary N) is 1. The van der Waals surface area contributed by atoms with Crippen molar-refractivity contribution >= 4 is 16.5 Å². The Labute approximate surface area is 125 Å². The molecule has 0 spiro atoms. The van der Waals surface area contributed by atoms with E-state index in [0.29, 0.717) is 6.04 Å². The summed E-state index contributed by atoms with van der Waals surface area (Å²) in [4.78, 5) is 0. The molecule has 1 atom stereocenters. The molecule has 21 heavy (non-hydrogen) atoms. The molecule has 0 saturated carbocycles. The highest BCUT2D eigenvalue weighted by Crippen LogP contribution is 2.48. The molecule has 4 rings (SSSR count). The lowest BCUT2D eigenvalue weighted by Crippen LogP contribution is -2.25. The molecule has 1 heterocycles. The lowest BCUT2D eigenvalue weighted by molar-refractivity contribution is 0.474. The fourth-order valence-corrected chi connectivity index (χ4v) is 3.55. The van der Waals surface area contributed by atoms with Gasteiger partial charge in [0.15, 0.2) is 0 Å². The molecule has 0 saturated heterocycles. The van der Waals surface area contributed by atoms with E-state index in [0.717, 1.165) is 0 Å². The minimum atomic E-state index is 0.0963. The van der Waals surface area contributed by atoms with Crippen molar-refractivity contribution < 1.29 is 0 Å². The van der Waals surface area contributed by atoms with Crippen molar-refractivity contribution in [2.24, 2.45) is 0 Å². The molecule has 1 nitrogen and oxygen atoms in total. The van der Waals surface area contributed by atoms with Crippen molar-refractivity contribution in [1.82, 2.24) is 0 Å². The quantitative estimate of drug-likeness (QED) is 0.635. The van der Waals surface area contributed by atoms with Crippen LogP contribution in [-0.2, 0) is 5.41 Å². The first-order chi connectivity index (χ1) is 10.2. The van der Waals surface area contributed by atoms with Crippen LogP contribution in [0.15, 0.2) is 66.7 Å². The predicted molar refractivity (Wildman–Crippen MR) is 89.8 cm³/mol. The molecule has 1 aliphatic rings.